The minimum atomic E-state index is 0.535. The molecule has 2 nitrogen and oxygen atoms in total. The van der Waals surface area contributed by atoms with Crippen molar-refractivity contribution in [3.63, 3.8) is 0 Å². The Kier molecular flexibility index (Phi) is 1.49. The number of hydrogen-bond donors (Lipinski definition) is 1. The van der Waals surface area contributed by atoms with E-state index in [-0.39, 0.29) is 0 Å². The molecule has 0 spiro atoms. The van der Waals surface area contributed by atoms with Gasteiger partial charge in [-0.25, -0.2) is 0 Å². The molecule has 1 rings (SSSR count). The van der Waals surface area contributed by atoms with Crippen LogP contribution in [0.4, 0.5) is 5.69 Å². The van der Waals surface area contributed by atoms with Gasteiger partial charge in [-0.2, -0.15) is 0 Å². The lowest BCUT2D eigenvalue weighted by Crippen LogP contribution is -1.90. The highest BCUT2D eigenvalue weighted by Gasteiger charge is 1.90. The Bertz CT molecular complexity index is 220. The first-order valence-corrected chi connectivity index (χ1v) is 2.64. The predicted octanol–water partition coefficient (Wildman–Crippen LogP) is 1.08. The summed E-state index contributed by atoms with van der Waals surface area (Å²) in [5.41, 5.74) is 6.49. The lowest BCUT2D eigenvalue weighted by molar-refractivity contribution is 0.112. The van der Waals surface area contributed by atoms with E-state index in [2.05, 4.69) is 0 Å². The number of rotatable bonds is 1. The van der Waals surface area contributed by atoms with E-state index in [1.165, 1.54) is 0 Å². The summed E-state index contributed by atoms with van der Waals surface area (Å²) < 4.78 is 0. The topological polar surface area (TPSA) is 43.1 Å². The summed E-state index contributed by atoms with van der Waals surface area (Å²) >= 11 is 0. The molecule has 9 heavy (non-hydrogen) atoms. The molecule has 0 saturated heterocycles. The number of carbonyl (C=O) groups excluding carboxylic acids is 1. The smallest absolute Gasteiger partial charge is 0.152 e. The second-order valence-electron chi connectivity index (χ2n) is 1.75. The van der Waals surface area contributed by atoms with Crippen molar-refractivity contribution in [2.24, 2.45) is 0 Å². The first-order valence-electron chi connectivity index (χ1n) is 2.64. The fourth-order valence-corrected chi connectivity index (χ4v) is 0.618. The summed E-state index contributed by atoms with van der Waals surface area (Å²) in [5, 5.41) is 0. The molecular weight excluding hydrogens is 115 g/mol. The molecule has 0 heterocycles. The molecule has 0 radical (unpaired) electrons. The summed E-state index contributed by atoms with van der Waals surface area (Å²) in [4.78, 5) is 10.1. The van der Waals surface area contributed by atoms with Crippen LogP contribution >= 0.6 is 0 Å². The molecule has 0 saturated carbocycles. The van der Waals surface area contributed by atoms with Crippen molar-refractivity contribution in [2.75, 3.05) is 5.73 Å². The largest absolute Gasteiger partial charge is 0.398 e. The summed E-state index contributed by atoms with van der Waals surface area (Å²) in [6.45, 7) is 0. The number of aldehydes is 1. The molecule has 0 fully saturated rings. The Morgan fingerprint density at radius 3 is 2.44 bits per heavy atom. The second kappa shape index (κ2) is 2.31. The van der Waals surface area contributed by atoms with E-state index in [0.717, 1.165) is 6.29 Å². The van der Waals surface area contributed by atoms with Gasteiger partial charge >= 0.3 is 0 Å². The van der Waals surface area contributed by atoms with Gasteiger partial charge in [0.15, 0.2) is 6.29 Å². The zero-order valence-corrected chi connectivity index (χ0v) is 4.87. The maximum absolute atomic E-state index is 10.1. The lowest BCUT2D eigenvalue weighted by atomic mass is 10.2. The Morgan fingerprint density at radius 1 is 1.33 bits per heavy atom. The summed E-state index contributed by atoms with van der Waals surface area (Å²) in [7, 11) is 0. The molecule has 0 aliphatic rings. The fraction of sp³-hybridized carbons (Fsp3) is 0. The van der Waals surface area contributed by atoms with Gasteiger partial charge in [0.2, 0.25) is 0 Å². The highest BCUT2D eigenvalue weighted by atomic mass is 16.2. The number of anilines is 1. The van der Waals surface area contributed by atoms with Crippen LogP contribution in [0.2, 0.25) is 0 Å². The predicted molar refractivity (Wildman–Crippen MR) is 36.2 cm³/mol. The van der Waals surface area contributed by atoms with Crippen LogP contribution in [0.3, 0.4) is 0 Å². The van der Waals surface area contributed by atoms with Crippen LogP contribution in [0.15, 0.2) is 24.3 Å². The summed E-state index contributed by atoms with van der Waals surface area (Å²) in [5.74, 6) is 0. The van der Waals surface area contributed by atoms with Gasteiger partial charge in [0, 0.05) is 11.3 Å². The van der Waals surface area contributed by atoms with Crippen molar-refractivity contribution in [3.05, 3.63) is 29.8 Å². The molecule has 2 N–H and O–H groups in total. The molecule has 2 heteroatoms. The lowest BCUT2D eigenvalue weighted by Gasteiger charge is -1.92. The molecular formula is C7H7NO. The SMILES string of the molecule is Nc1ccccc1[13CH]=O. The molecule has 1 aromatic carbocycles. The standard InChI is InChI=1S/C7H7NO/c8-7-4-2-1-3-6(7)5-9/h1-5H,8H2/i5+1. The normalized spacial score (nSPS) is 8.89. The third kappa shape index (κ3) is 1.08. The van der Waals surface area contributed by atoms with Crippen molar-refractivity contribution in [3.8, 4) is 0 Å². The quantitative estimate of drug-likeness (QED) is 0.344. The maximum Gasteiger partial charge on any atom is 0.152 e. The van der Waals surface area contributed by atoms with E-state index in [1.807, 2.05) is 0 Å². The van der Waals surface area contributed by atoms with Crippen molar-refractivity contribution < 1.29 is 4.79 Å². The van der Waals surface area contributed by atoms with Gasteiger partial charge in [0.05, 0.1) is 0 Å². The number of benzene rings is 1. The van der Waals surface area contributed by atoms with Gasteiger partial charge in [-0.05, 0) is 12.1 Å². The minimum Gasteiger partial charge on any atom is -0.398 e. The molecule has 0 aliphatic heterocycles. The third-order valence-corrected chi connectivity index (χ3v) is 1.12. The van der Waals surface area contributed by atoms with Crippen LogP contribution in [0, 0.1) is 0 Å². The first-order chi connectivity index (χ1) is 4.34. The van der Waals surface area contributed by atoms with Crippen LogP contribution in [-0.2, 0) is 0 Å². The van der Waals surface area contributed by atoms with E-state index in [4.69, 9.17) is 5.73 Å². The van der Waals surface area contributed by atoms with E-state index in [9.17, 15) is 4.79 Å². The average Bonchev–Trinajstić information content (AvgIpc) is 1.89. The van der Waals surface area contributed by atoms with Gasteiger partial charge < -0.3 is 5.73 Å². The molecule has 0 aromatic heterocycles. The van der Waals surface area contributed by atoms with E-state index >= 15 is 0 Å². The van der Waals surface area contributed by atoms with Gasteiger partial charge in [-0.1, -0.05) is 12.1 Å². The van der Waals surface area contributed by atoms with Crippen LogP contribution in [-0.4, -0.2) is 6.29 Å². The Hall–Kier alpha value is -1.31. The molecule has 0 amide bonds. The highest BCUT2D eigenvalue weighted by molar-refractivity contribution is 5.82. The summed E-state index contributed by atoms with van der Waals surface area (Å²) in [6.07, 6.45) is 0.745. The number of hydrogen-bond acceptors (Lipinski definition) is 2. The van der Waals surface area contributed by atoms with Gasteiger partial charge in [-0.3, -0.25) is 4.79 Å². The fourth-order valence-electron chi connectivity index (χ4n) is 0.618. The molecule has 1 aromatic rings. The number of carbonyl (C=O) groups is 1. The van der Waals surface area contributed by atoms with E-state index < -0.39 is 0 Å². The zero-order valence-electron chi connectivity index (χ0n) is 4.87. The summed E-state index contributed by atoms with van der Waals surface area (Å²) in [6, 6.07) is 6.95. The number of nitrogen functional groups attached to an aromatic ring is 1. The Labute approximate surface area is 53.3 Å². The van der Waals surface area contributed by atoms with Crippen molar-refractivity contribution in [2.45, 2.75) is 0 Å². The monoisotopic (exact) mass is 122 g/mol. The molecule has 0 atom stereocenters. The van der Waals surface area contributed by atoms with Gasteiger partial charge in [-0.15, -0.1) is 0 Å². The maximum atomic E-state index is 10.1. The second-order valence-corrected chi connectivity index (χ2v) is 1.75. The third-order valence-electron chi connectivity index (χ3n) is 1.12. The van der Waals surface area contributed by atoms with Crippen molar-refractivity contribution >= 4 is 12.0 Å². The average molecular weight is 122 g/mol. The molecule has 0 bridgehead atoms. The minimum absolute atomic E-state index is 0.535. The van der Waals surface area contributed by atoms with Crippen LogP contribution in [0.1, 0.15) is 10.4 Å². The Morgan fingerprint density at radius 2 is 2.00 bits per heavy atom. The van der Waals surface area contributed by atoms with Crippen molar-refractivity contribution in [1.82, 2.24) is 0 Å². The van der Waals surface area contributed by atoms with E-state index in [0.29, 0.717) is 11.3 Å². The highest BCUT2D eigenvalue weighted by Crippen LogP contribution is 2.05. The van der Waals surface area contributed by atoms with Crippen LogP contribution in [0.5, 0.6) is 0 Å². The van der Waals surface area contributed by atoms with Gasteiger partial charge in [0.1, 0.15) is 0 Å². The van der Waals surface area contributed by atoms with Gasteiger partial charge in [0.25, 0.3) is 0 Å². The molecule has 0 unspecified atom stereocenters. The van der Waals surface area contributed by atoms with Crippen LogP contribution in [0.25, 0.3) is 0 Å². The van der Waals surface area contributed by atoms with E-state index in [1.54, 1.807) is 24.3 Å². The number of para-hydroxylation sites is 1. The molecule has 46 valence electrons. The molecule has 0 aliphatic carbocycles. The first kappa shape index (κ1) is 5.82. The zero-order chi connectivity index (χ0) is 6.69. The Balaban J connectivity index is 3.15. The van der Waals surface area contributed by atoms with Crippen LogP contribution < -0.4 is 5.73 Å². The number of nitrogens with two attached hydrogens (primary N) is 1. The van der Waals surface area contributed by atoms with Crippen molar-refractivity contribution in [1.29, 1.82) is 0 Å².